The minimum atomic E-state index is -3.57. The monoisotopic (exact) mass is 301 g/mol. The van der Waals surface area contributed by atoms with E-state index in [1.807, 2.05) is 0 Å². The van der Waals surface area contributed by atoms with E-state index in [4.69, 9.17) is 4.52 Å². The van der Waals surface area contributed by atoms with Crippen LogP contribution < -0.4 is 0 Å². The predicted molar refractivity (Wildman–Crippen MR) is 71.5 cm³/mol. The second-order valence-electron chi connectivity index (χ2n) is 5.35. The Labute approximate surface area is 118 Å². The number of hydrogen-bond donors (Lipinski definition) is 0. The third-order valence-electron chi connectivity index (χ3n) is 3.27. The van der Waals surface area contributed by atoms with E-state index < -0.39 is 15.6 Å². The molecule has 2 rings (SSSR count). The molecule has 0 radical (unpaired) electrons. The van der Waals surface area contributed by atoms with Crippen molar-refractivity contribution in [2.45, 2.75) is 32.4 Å². The zero-order valence-corrected chi connectivity index (χ0v) is 12.5. The van der Waals surface area contributed by atoms with Gasteiger partial charge < -0.3 is 9.42 Å². The van der Waals surface area contributed by atoms with Crippen LogP contribution in [-0.2, 0) is 20.4 Å². The Morgan fingerprint density at radius 2 is 2.25 bits per heavy atom. The first-order valence-corrected chi connectivity index (χ1v) is 8.45. The van der Waals surface area contributed by atoms with Gasteiger partial charge in [-0.25, -0.2) is 8.42 Å². The number of piperidine rings is 1. The van der Waals surface area contributed by atoms with Gasteiger partial charge in [0, 0.05) is 13.1 Å². The molecule has 1 atom stereocenters. The average Bonchev–Trinajstić information content (AvgIpc) is 2.73. The molecule has 0 N–H and O–H groups in total. The number of likely N-dealkylation sites (tertiary alicyclic amines) is 1. The van der Waals surface area contributed by atoms with Gasteiger partial charge in [0.15, 0.2) is 15.7 Å². The number of amides is 1. The maximum absolute atomic E-state index is 12.0. The van der Waals surface area contributed by atoms with Crippen molar-refractivity contribution in [3.8, 4) is 0 Å². The molecule has 20 heavy (non-hydrogen) atoms. The molecular formula is C12H19N3O4S. The molecule has 0 spiro atoms. The van der Waals surface area contributed by atoms with Gasteiger partial charge in [0.2, 0.25) is 11.8 Å². The minimum Gasteiger partial charge on any atom is -0.342 e. The highest BCUT2D eigenvalue weighted by molar-refractivity contribution is 7.91. The molecule has 2 heterocycles. The fourth-order valence-electron chi connectivity index (χ4n) is 2.33. The van der Waals surface area contributed by atoms with Gasteiger partial charge in [-0.05, 0) is 25.7 Å². The number of aromatic nitrogens is 2. The molecule has 0 saturated carbocycles. The topological polar surface area (TPSA) is 93.4 Å². The van der Waals surface area contributed by atoms with Crippen molar-refractivity contribution < 1.29 is 17.7 Å². The van der Waals surface area contributed by atoms with Crippen LogP contribution in [0.25, 0.3) is 0 Å². The van der Waals surface area contributed by atoms with E-state index in [0.29, 0.717) is 24.8 Å². The molecule has 1 saturated heterocycles. The third kappa shape index (κ3) is 4.03. The van der Waals surface area contributed by atoms with E-state index in [1.165, 1.54) is 0 Å². The van der Waals surface area contributed by atoms with Gasteiger partial charge in [-0.3, -0.25) is 4.79 Å². The van der Waals surface area contributed by atoms with Crippen LogP contribution in [0.15, 0.2) is 4.52 Å². The number of aryl methyl sites for hydroxylation is 1. The van der Waals surface area contributed by atoms with Crippen LogP contribution in [0.1, 0.15) is 31.5 Å². The van der Waals surface area contributed by atoms with E-state index >= 15 is 0 Å². The van der Waals surface area contributed by atoms with E-state index in [1.54, 1.807) is 11.8 Å². The van der Waals surface area contributed by atoms with Gasteiger partial charge in [0.1, 0.15) is 11.5 Å². The molecule has 1 aromatic rings. The molecule has 0 aliphatic carbocycles. The molecule has 0 bridgehead atoms. The van der Waals surface area contributed by atoms with Crippen LogP contribution in [0.2, 0.25) is 0 Å². The maximum Gasteiger partial charge on any atom is 0.241 e. The molecule has 0 aromatic carbocycles. The quantitative estimate of drug-likeness (QED) is 0.806. The van der Waals surface area contributed by atoms with Gasteiger partial charge in [-0.2, -0.15) is 4.98 Å². The van der Waals surface area contributed by atoms with Crippen molar-refractivity contribution in [1.29, 1.82) is 0 Å². The van der Waals surface area contributed by atoms with Crippen molar-refractivity contribution in [3.63, 3.8) is 0 Å². The van der Waals surface area contributed by atoms with Gasteiger partial charge in [0.25, 0.3) is 0 Å². The van der Waals surface area contributed by atoms with Crippen LogP contribution in [0.4, 0.5) is 0 Å². The van der Waals surface area contributed by atoms with Crippen molar-refractivity contribution in [2.24, 2.45) is 5.92 Å². The highest BCUT2D eigenvalue weighted by atomic mass is 32.2. The summed E-state index contributed by atoms with van der Waals surface area (Å²) in [5, 5.41) is 3.53. The van der Waals surface area contributed by atoms with E-state index in [-0.39, 0.29) is 17.6 Å². The Morgan fingerprint density at radius 3 is 2.85 bits per heavy atom. The smallest absolute Gasteiger partial charge is 0.241 e. The summed E-state index contributed by atoms with van der Waals surface area (Å²) in [5.41, 5.74) is 0. The molecule has 8 heteroatoms. The third-order valence-corrected chi connectivity index (χ3v) is 4.64. The summed E-state index contributed by atoms with van der Waals surface area (Å²) < 4.78 is 28.7. The first-order chi connectivity index (χ1) is 9.35. The largest absolute Gasteiger partial charge is 0.342 e. The highest BCUT2D eigenvalue weighted by Gasteiger charge is 2.26. The van der Waals surface area contributed by atoms with Crippen LogP contribution in [0.5, 0.6) is 0 Å². The van der Waals surface area contributed by atoms with Crippen molar-refractivity contribution in [3.05, 3.63) is 11.7 Å². The zero-order valence-electron chi connectivity index (χ0n) is 11.7. The van der Waals surface area contributed by atoms with Crippen molar-refractivity contribution in [1.82, 2.24) is 15.0 Å². The molecular weight excluding hydrogens is 282 g/mol. The number of carbonyl (C=O) groups is 1. The lowest BCUT2D eigenvalue weighted by Gasteiger charge is -2.30. The Balaban J connectivity index is 1.95. The molecule has 7 nitrogen and oxygen atoms in total. The summed E-state index contributed by atoms with van der Waals surface area (Å²) >= 11 is 0. The second kappa shape index (κ2) is 5.90. The summed E-state index contributed by atoms with van der Waals surface area (Å²) in [6.07, 6.45) is 2.01. The first kappa shape index (κ1) is 15.0. The summed E-state index contributed by atoms with van der Waals surface area (Å²) in [4.78, 5) is 17.5. The number of carbonyl (C=O) groups excluding carboxylic acids is 1. The maximum atomic E-state index is 12.0. The lowest BCUT2D eigenvalue weighted by molar-refractivity contribution is -0.130. The SMILES string of the molecule is Cc1noc(CS(=O)(=O)CC(=O)N2CCC[C@@H](C)C2)n1. The van der Waals surface area contributed by atoms with Crippen molar-refractivity contribution in [2.75, 3.05) is 18.8 Å². The van der Waals surface area contributed by atoms with Gasteiger partial charge in [0.05, 0.1) is 0 Å². The Kier molecular flexibility index (Phi) is 4.42. The number of hydrogen-bond acceptors (Lipinski definition) is 6. The molecule has 1 aliphatic rings. The Morgan fingerprint density at radius 1 is 1.50 bits per heavy atom. The number of sulfone groups is 1. The standard InChI is InChI=1S/C12H19N3O4S/c1-9-4-3-5-15(6-9)12(16)8-20(17,18)7-11-13-10(2)14-19-11/h9H,3-8H2,1-2H3/t9-/m1/s1. The van der Waals surface area contributed by atoms with Crippen LogP contribution >= 0.6 is 0 Å². The number of nitrogens with zero attached hydrogens (tertiary/aromatic N) is 3. The molecule has 1 aliphatic heterocycles. The molecule has 1 aromatic heterocycles. The van der Waals surface area contributed by atoms with Crippen LogP contribution in [0, 0.1) is 12.8 Å². The summed E-state index contributed by atoms with van der Waals surface area (Å²) in [7, 11) is -3.57. The van der Waals surface area contributed by atoms with Gasteiger partial charge >= 0.3 is 0 Å². The van der Waals surface area contributed by atoms with Gasteiger partial charge in [-0.15, -0.1) is 0 Å². The van der Waals surface area contributed by atoms with E-state index in [9.17, 15) is 13.2 Å². The summed E-state index contributed by atoms with van der Waals surface area (Å²) in [5.74, 6) is -0.389. The fourth-order valence-corrected chi connectivity index (χ4v) is 3.49. The zero-order chi connectivity index (χ0) is 14.8. The predicted octanol–water partition coefficient (Wildman–Crippen LogP) is 0.551. The van der Waals surface area contributed by atoms with Gasteiger partial charge in [-0.1, -0.05) is 12.1 Å². The molecule has 1 fully saturated rings. The highest BCUT2D eigenvalue weighted by Crippen LogP contribution is 2.16. The lowest BCUT2D eigenvalue weighted by Crippen LogP contribution is -2.42. The van der Waals surface area contributed by atoms with E-state index in [0.717, 1.165) is 12.8 Å². The minimum absolute atomic E-state index is 0.0299. The fraction of sp³-hybridized carbons (Fsp3) is 0.750. The lowest BCUT2D eigenvalue weighted by atomic mass is 10.0. The van der Waals surface area contributed by atoms with Crippen molar-refractivity contribution >= 4 is 15.7 Å². The molecule has 0 unspecified atom stereocenters. The number of rotatable bonds is 4. The summed E-state index contributed by atoms with van der Waals surface area (Å²) in [6.45, 7) is 4.95. The first-order valence-electron chi connectivity index (χ1n) is 6.63. The second-order valence-corrected chi connectivity index (χ2v) is 7.42. The van der Waals surface area contributed by atoms with Crippen LogP contribution in [0.3, 0.4) is 0 Å². The van der Waals surface area contributed by atoms with E-state index in [2.05, 4.69) is 17.1 Å². The normalized spacial score (nSPS) is 20.1. The Bertz CT molecular complexity index is 581. The summed E-state index contributed by atoms with van der Waals surface area (Å²) in [6, 6.07) is 0. The van der Waals surface area contributed by atoms with Crippen LogP contribution in [-0.4, -0.2) is 48.2 Å². The molecule has 112 valence electrons. The molecule has 1 amide bonds. The average molecular weight is 301 g/mol. The Hall–Kier alpha value is -1.44.